The van der Waals surface area contributed by atoms with Crippen LogP contribution in [-0.2, 0) is 11.3 Å². The van der Waals surface area contributed by atoms with Gasteiger partial charge >= 0.3 is 0 Å². The highest BCUT2D eigenvalue weighted by Crippen LogP contribution is 2.13. The highest BCUT2D eigenvalue weighted by molar-refractivity contribution is 4.97. The number of ether oxygens (including phenoxy) is 1. The van der Waals surface area contributed by atoms with Gasteiger partial charge in [0.15, 0.2) is 0 Å². The molecule has 0 saturated carbocycles. The van der Waals surface area contributed by atoms with Crippen LogP contribution in [0.4, 0.5) is 0 Å². The zero-order valence-electron chi connectivity index (χ0n) is 11.4. The fourth-order valence-corrected chi connectivity index (χ4v) is 2.41. The third-order valence-corrected chi connectivity index (χ3v) is 3.51. The lowest BCUT2D eigenvalue weighted by molar-refractivity contribution is -0.0551. The van der Waals surface area contributed by atoms with E-state index in [1.807, 2.05) is 12.1 Å². The number of hydrogen-bond donors (Lipinski definition) is 1. The van der Waals surface area contributed by atoms with Gasteiger partial charge in [0.1, 0.15) is 5.76 Å². The number of rotatable bonds is 6. The Kier molecular flexibility index (Phi) is 5.23. The number of morpholine rings is 1. The summed E-state index contributed by atoms with van der Waals surface area (Å²) in [6.45, 7) is 9.17. The second-order valence-corrected chi connectivity index (χ2v) is 4.96. The molecule has 1 N–H and O–H groups in total. The van der Waals surface area contributed by atoms with Crippen LogP contribution in [0.2, 0.25) is 0 Å². The van der Waals surface area contributed by atoms with Crippen LogP contribution >= 0.6 is 0 Å². The monoisotopic (exact) mass is 252 g/mol. The molecule has 0 aliphatic carbocycles. The molecule has 1 aliphatic heterocycles. The van der Waals surface area contributed by atoms with Crippen molar-refractivity contribution in [2.75, 3.05) is 26.2 Å². The van der Waals surface area contributed by atoms with Crippen molar-refractivity contribution in [3.05, 3.63) is 24.2 Å². The molecule has 0 aromatic carbocycles. The van der Waals surface area contributed by atoms with Crippen LogP contribution in [0.3, 0.4) is 0 Å². The lowest BCUT2D eigenvalue weighted by Crippen LogP contribution is -2.50. The SMILES string of the molecule is CCC1COC(C)CN1CCNCc1ccco1. The maximum atomic E-state index is 5.70. The predicted octanol–water partition coefficient (Wildman–Crippen LogP) is 1.87. The Balaban J connectivity index is 1.67. The third kappa shape index (κ3) is 3.83. The molecule has 0 amide bonds. The van der Waals surface area contributed by atoms with Crippen LogP contribution in [-0.4, -0.2) is 43.3 Å². The topological polar surface area (TPSA) is 37.6 Å². The van der Waals surface area contributed by atoms with Gasteiger partial charge in [0.2, 0.25) is 0 Å². The highest BCUT2D eigenvalue weighted by Gasteiger charge is 2.24. The number of hydrogen-bond acceptors (Lipinski definition) is 4. The van der Waals surface area contributed by atoms with E-state index >= 15 is 0 Å². The largest absolute Gasteiger partial charge is 0.468 e. The van der Waals surface area contributed by atoms with Gasteiger partial charge in [-0.3, -0.25) is 4.90 Å². The zero-order valence-corrected chi connectivity index (χ0v) is 11.4. The van der Waals surface area contributed by atoms with E-state index < -0.39 is 0 Å². The van der Waals surface area contributed by atoms with Crippen LogP contribution in [0.25, 0.3) is 0 Å². The molecule has 1 saturated heterocycles. The minimum atomic E-state index is 0.359. The Bertz CT molecular complexity index is 327. The molecule has 1 aromatic rings. The first-order valence-corrected chi connectivity index (χ1v) is 6.88. The van der Waals surface area contributed by atoms with Crippen LogP contribution in [0.1, 0.15) is 26.0 Å². The Morgan fingerprint density at radius 2 is 2.39 bits per heavy atom. The molecule has 2 atom stereocenters. The van der Waals surface area contributed by atoms with Gasteiger partial charge in [-0.2, -0.15) is 0 Å². The smallest absolute Gasteiger partial charge is 0.117 e. The molecule has 4 heteroatoms. The van der Waals surface area contributed by atoms with Gasteiger partial charge in [-0.1, -0.05) is 6.92 Å². The fraction of sp³-hybridized carbons (Fsp3) is 0.714. The van der Waals surface area contributed by atoms with Gasteiger partial charge in [-0.25, -0.2) is 0 Å². The van der Waals surface area contributed by atoms with Gasteiger partial charge in [0.25, 0.3) is 0 Å². The van der Waals surface area contributed by atoms with E-state index in [0.29, 0.717) is 12.1 Å². The number of nitrogens with one attached hydrogen (secondary N) is 1. The van der Waals surface area contributed by atoms with Crippen molar-refractivity contribution in [3.8, 4) is 0 Å². The summed E-state index contributed by atoms with van der Waals surface area (Å²) in [5, 5.41) is 3.42. The first-order chi connectivity index (χ1) is 8.79. The Morgan fingerprint density at radius 3 is 3.11 bits per heavy atom. The quantitative estimate of drug-likeness (QED) is 0.784. The molecule has 1 aromatic heterocycles. The van der Waals surface area contributed by atoms with Crippen molar-refractivity contribution in [2.24, 2.45) is 0 Å². The minimum absolute atomic E-state index is 0.359. The lowest BCUT2D eigenvalue weighted by atomic mass is 10.1. The molecule has 2 heterocycles. The normalized spacial score (nSPS) is 25.4. The maximum absolute atomic E-state index is 5.70. The molecule has 0 radical (unpaired) electrons. The maximum Gasteiger partial charge on any atom is 0.117 e. The van der Waals surface area contributed by atoms with Crippen LogP contribution in [0, 0.1) is 0 Å². The molecule has 4 nitrogen and oxygen atoms in total. The zero-order chi connectivity index (χ0) is 12.8. The van der Waals surface area contributed by atoms with E-state index in [1.54, 1.807) is 6.26 Å². The third-order valence-electron chi connectivity index (χ3n) is 3.51. The van der Waals surface area contributed by atoms with E-state index in [-0.39, 0.29) is 0 Å². The van der Waals surface area contributed by atoms with Gasteiger partial charge in [-0.15, -0.1) is 0 Å². The van der Waals surface area contributed by atoms with Crippen LogP contribution in [0.15, 0.2) is 22.8 Å². The average Bonchev–Trinajstić information content (AvgIpc) is 2.88. The van der Waals surface area contributed by atoms with Crippen molar-refractivity contribution in [2.45, 2.75) is 39.0 Å². The molecule has 18 heavy (non-hydrogen) atoms. The summed E-state index contributed by atoms with van der Waals surface area (Å²) in [4.78, 5) is 2.53. The summed E-state index contributed by atoms with van der Waals surface area (Å²) in [6.07, 6.45) is 3.23. The van der Waals surface area contributed by atoms with Crippen molar-refractivity contribution in [3.63, 3.8) is 0 Å². The highest BCUT2D eigenvalue weighted by atomic mass is 16.5. The summed E-state index contributed by atoms with van der Waals surface area (Å²) in [6, 6.07) is 4.50. The summed E-state index contributed by atoms with van der Waals surface area (Å²) in [5.74, 6) is 0.998. The lowest BCUT2D eigenvalue weighted by Gasteiger charge is -2.38. The molecule has 2 rings (SSSR count). The summed E-state index contributed by atoms with van der Waals surface area (Å²) < 4.78 is 11.0. The average molecular weight is 252 g/mol. The van der Waals surface area contributed by atoms with Gasteiger partial charge in [0.05, 0.1) is 25.5 Å². The van der Waals surface area contributed by atoms with E-state index in [0.717, 1.165) is 45.0 Å². The summed E-state index contributed by atoms with van der Waals surface area (Å²) in [7, 11) is 0. The first kappa shape index (κ1) is 13.6. The molecule has 1 fully saturated rings. The summed E-state index contributed by atoms with van der Waals surface area (Å²) in [5.41, 5.74) is 0. The number of nitrogens with zero attached hydrogens (tertiary/aromatic N) is 1. The molecule has 0 spiro atoms. The Labute approximate surface area is 109 Å². The van der Waals surface area contributed by atoms with Crippen LogP contribution in [0.5, 0.6) is 0 Å². The van der Waals surface area contributed by atoms with Crippen molar-refractivity contribution in [1.29, 1.82) is 0 Å². The molecular weight excluding hydrogens is 228 g/mol. The first-order valence-electron chi connectivity index (χ1n) is 6.88. The van der Waals surface area contributed by atoms with Gasteiger partial charge < -0.3 is 14.5 Å². The van der Waals surface area contributed by atoms with Crippen molar-refractivity contribution >= 4 is 0 Å². The second-order valence-electron chi connectivity index (χ2n) is 4.96. The Hall–Kier alpha value is -0.840. The van der Waals surface area contributed by atoms with E-state index in [9.17, 15) is 0 Å². The molecule has 102 valence electrons. The van der Waals surface area contributed by atoms with Gasteiger partial charge in [-0.05, 0) is 25.5 Å². The minimum Gasteiger partial charge on any atom is -0.468 e. The van der Waals surface area contributed by atoms with Gasteiger partial charge in [0, 0.05) is 25.7 Å². The fourth-order valence-electron chi connectivity index (χ4n) is 2.41. The van der Waals surface area contributed by atoms with E-state index in [2.05, 4.69) is 24.1 Å². The molecule has 1 aliphatic rings. The standard InChI is InChI=1S/C14H24N2O2/c1-3-13-11-18-12(2)10-16(13)7-6-15-9-14-5-4-8-17-14/h4-5,8,12-13,15H,3,6-7,9-11H2,1-2H3. The van der Waals surface area contributed by atoms with E-state index in [1.165, 1.54) is 0 Å². The number of furan rings is 1. The van der Waals surface area contributed by atoms with Crippen molar-refractivity contribution < 1.29 is 9.15 Å². The van der Waals surface area contributed by atoms with Crippen molar-refractivity contribution in [1.82, 2.24) is 10.2 Å². The van der Waals surface area contributed by atoms with Crippen LogP contribution < -0.4 is 5.32 Å². The predicted molar refractivity (Wildman–Crippen MR) is 71.5 cm³/mol. The molecular formula is C14H24N2O2. The second kappa shape index (κ2) is 6.92. The molecule has 2 unspecified atom stereocenters. The van der Waals surface area contributed by atoms with E-state index in [4.69, 9.17) is 9.15 Å². The summed E-state index contributed by atoms with van der Waals surface area (Å²) >= 11 is 0. The Morgan fingerprint density at radius 1 is 1.50 bits per heavy atom. The molecule has 0 bridgehead atoms.